The highest BCUT2D eigenvalue weighted by Crippen LogP contribution is 2.71. The summed E-state index contributed by atoms with van der Waals surface area (Å²) in [7, 11) is 1.36. The third kappa shape index (κ3) is 1.05. The largest absolute Gasteiger partial charge is 0.468 e. The molecular formula is C12H17IO3. The third-order valence-electron chi connectivity index (χ3n) is 5.11. The van der Waals surface area contributed by atoms with Crippen molar-refractivity contribution in [3.05, 3.63) is 0 Å². The molecule has 0 amide bonds. The van der Waals surface area contributed by atoms with Crippen LogP contribution in [0.1, 0.15) is 33.6 Å². The standard InChI is InChI=1S/C12H17IO3/c1-10(2)11(3)5-6-12(10,13)7(8(11)14)9(15)16-4/h7H,5-6H2,1-4H3/t7?,11-,12-/m1/s1. The van der Waals surface area contributed by atoms with Gasteiger partial charge < -0.3 is 4.74 Å². The van der Waals surface area contributed by atoms with Crippen LogP contribution in [-0.2, 0) is 14.3 Å². The molecule has 90 valence electrons. The number of carbonyl (C=O) groups excluding carboxylic acids is 2. The molecule has 1 unspecified atom stereocenters. The van der Waals surface area contributed by atoms with Crippen molar-refractivity contribution < 1.29 is 14.3 Å². The van der Waals surface area contributed by atoms with E-state index in [1.807, 2.05) is 6.92 Å². The Kier molecular flexibility index (Phi) is 2.47. The first-order valence-electron chi connectivity index (χ1n) is 5.53. The monoisotopic (exact) mass is 336 g/mol. The average Bonchev–Trinajstić information content (AvgIpc) is 2.46. The van der Waals surface area contributed by atoms with Crippen LogP contribution in [0.25, 0.3) is 0 Å². The number of esters is 1. The van der Waals surface area contributed by atoms with Crippen LogP contribution in [-0.4, -0.2) is 22.3 Å². The lowest BCUT2D eigenvalue weighted by Crippen LogP contribution is -2.42. The van der Waals surface area contributed by atoms with E-state index in [1.54, 1.807) is 0 Å². The molecule has 0 saturated heterocycles. The number of Topliss-reactive ketones (excluding diaryl/α,β-unsaturated/α-hetero) is 1. The second-order valence-electron chi connectivity index (χ2n) is 5.64. The zero-order valence-corrected chi connectivity index (χ0v) is 12.3. The maximum atomic E-state index is 12.4. The second-order valence-corrected chi connectivity index (χ2v) is 7.56. The summed E-state index contributed by atoms with van der Waals surface area (Å²) in [6.07, 6.45) is 1.80. The van der Waals surface area contributed by atoms with Gasteiger partial charge in [-0.25, -0.2) is 0 Å². The van der Waals surface area contributed by atoms with Crippen molar-refractivity contribution in [2.45, 2.75) is 37.0 Å². The van der Waals surface area contributed by atoms with Gasteiger partial charge in [0.05, 0.1) is 7.11 Å². The fourth-order valence-corrected chi connectivity index (χ4v) is 4.79. The maximum Gasteiger partial charge on any atom is 0.317 e. The van der Waals surface area contributed by atoms with Crippen LogP contribution >= 0.6 is 22.6 Å². The molecule has 0 aromatic carbocycles. The maximum absolute atomic E-state index is 12.4. The van der Waals surface area contributed by atoms with E-state index in [-0.39, 0.29) is 26.0 Å². The number of methoxy groups -OCH3 is 1. The molecule has 3 atom stereocenters. The molecule has 0 aliphatic heterocycles. The van der Waals surface area contributed by atoms with Crippen LogP contribution in [0.15, 0.2) is 0 Å². The molecule has 2 rings (SSSR count). The predicted octanol–water partition coefficient (Wildman–Crippen LogP) is 2.36. The normalized spacial score (nSPS) is 44.8. The van der Waals surface area contributed by atoms with Gasteiger partial charge in [0.1, 0.15) is 5.92 Å². The Morgan fingerprint density at radius 3 is 2.31 bits per heavy atom. The van der Waals surface area contributed by atoms with Crippen LogP contribution in [0.3, 0.4) is 0 Å². The molecule has 2 aliphatic rings. The van der Waals surface area contributed by atoms with Crippen molar-refractivity contribution in [1.29, 1.82) is 0 Å². The number of rotatable bonds is 1. The van der Waals surface area contributed by atoms with Crippen molar-refractivity contribution in [1.82, 2.24) is 0 Å². The van der Waals surface area contributed by atoms with Gasteiger partial charge in [0.2, 0.25) is 0 Å². The molecular weight excluding hydrogens is 319 g/mol. The lowest BCUT2D eigenvalue weighted by atomic mass is 9.70. The predicted molar refractivity (Wildman–Crippen MR) is 68.4 cm³/mol. The molecule has 3 nitrogen and oxygen atoms in total. The minimum atomic E-state index is -0.577. The van der Waals surface area contributed by atoms with E-state index < -0.39 is 5.92 Å². The summed E-state index contributed by atoms with van der Waals surface area (Å²) in [5, 5.41) is 0. The molecule has 0 aromatic rings. The summed E-state index contributed by atoms with van der Waals surface area (Å²) in [6, 6.07) is 0. The SMILES string of the molecule is COC(=O)C1C(=O)[C@@]2(C)CC[C@]1(I)C2(C)C. The van der Waals surface area contributed by atoms with Gasteiger partial charge in [0.15, 0.2) is 5.78 Å². The number of halogens is 1. The molecule has 2 bridgehead atoms. The quantitative estimate of drug-likeness (QED) is 0.320. The third-order valence-corrected chi connectivity index (χ3v) is 7.62. The van der Waals surface area contributed by atoms with Crippen molar-refractivity contribution in [3.63, 3.8) is 0 Å². The Morgan fingerprint density at radius 1 is 1.38 bits per heavy atom. The number of ketones is 1. The summed E-state index contributed by atoms with van der Waals surface area (Å²) in [4.78, 5) is 24.2. The highest BCUT2D eigenvalue weighted by Gasteiger charge is 2.75. The van der Waals surface area contributed by atoms with Gasteiger partial charge in [-0.1, -0.05) is 43.4 Å². The summed E-state index contributed by atoms with van der Waals surface area (Å²) >= 11 is 2.32. The van der Waals surface area contributed by atoms with Gasteiger partial charge in [-0.05, 0) is 18.3 Å². The smallest absolute Gasteiger partial charge is 0.317 e. The van der Waals surface area contributed by atoms with E-state index in [4.69, 9.17) is 4.74 Å². The molecule has 16 heavy (non-hydrogen) atoms. The Labute approximate surface area is 109 Å². The first kappa shape index (κ1) is 12.3. The molecule has 0 radical (unpaired) electrons. The van der Waals surface area contributed by atoms with Crippen molar-refractivity contribution >= 4 is 34.3 Å². The zero-order chi connectivity index (χ0) is 12.4. The van der Waals surface area contributed by atoms with Crippen LogP contribution in [0, 0.1) is 16.7 Å². The number of ether oxygens (including phenoxy) is 1. The van der Waals surface area contributed by atoms with E-state index in [2.05, 4.69) is 36.4 Å². The van der Waals surface area contributed by atoms with Crippen LogP contribution in [0.4, 0.5) is 0 Å². The van der Waals surface area contributed by atoms with Crippen molar-refractivity contribution in [2.75, 3.05) is 7.11 Å². The summed E-state index contributed by atoms with van der Waals surface area (Å²) in [6.45, 7) is 6.21. The molecule has 0 spiro atoms. The minimum absolute atomic E-state index is 0.0741. The van der Waals surface area contributed by atoms with Crippen LogP contribution in [0.5, 0.6) is 0 Å². The van der Waals surface area contributed by atoms with Gasteiger partial charge in [-0.15, -0.1) is 0 Å². The molecule has 2 aliphatic carbocycles. The van der Waals surface area contributed by atoms with E-state index in [0.717, 1.165) is 12.8 Å². The number of hydrogen-bond donors (Lipinski definition) is 0. The molecule has 0 heterocycles. The van der Waals surface area contributed by atoms with Gasteiger partial charge in [0.25, 0.3) is 0 Å². The van der Waals surface area contributed by atoms with Gasteiger partial charge >= 0.3 is 5.97 Å². The lowest BCUT2D eigenvalue weighted by Gasteiger charge is -2.36. The summed E-state index contributed by atoms with van der Waals surface area (Å²) in [5.74, 6) is -0.868. The Balaban J connectivity index is 2.55. The van der Waals surface area contributed by atoms with Crippen molar-refractivity contribution in [2.24, 2.45) is 16.7 Å². The van der Waals surface area contributed by atoms with Crippen LogP contribution in [0.2, 0.25) is 0 Å². The lowest BCUT2D eigenvalue weighted by molar-refractivity contribution is -0.151. The number of hydrogen-bond acceptors (Lipinski definition) is 3. The second kappa shape index (κ2) is 3.21. The highest BCUT2D eigenvalue weighted by atomic mass is 127. The topological polar surface area (TPSA) is 43.4 Å². The zero-order valence-electron chi connectivity index (χ0n) is 10.1. The number of fused-ring (bicyclic) bond motifs is 2. The fourth-order valence-electron chi connectivity index (χ4n) is 3.39. The van der Waals surface area contributed by atoms with Gasteiger partial charge in [-0.3, -0.25) is 9.59 Å². The van der Waals surface area contributed by atoms with Gasteiger partial charge in [-0.2, -0.15) is 0 Å². The highest BCUT2D eigenvalue weighted by molar-refractivity contribution is 14.1. The van der Waals surface area contributed by atoms with Crippen LogP contribution < -0.4 is 0 Å². The minimum Gasteiger partial charge on any atom is -0.468 e. The summed E-state index contributed by atoms with van der Waals surface area (Å²) < 4.78 is 4.52. The molecule has 2 saturated carbocycles. The van der Waals surface area contributed by atoms with Gasteiger partial charge in [0, 0.05) is 8.84 Å². The molecule has 0 aromatic heterocycles. The first-order chi connectivity index (χ1) is 7.22. The average molecular weight is 336 g/mol. The first-order valence-corrected chi connectivity index (χ1v) is 6.61. The summed E-state index contributed by atoms with van der Waals surface area (Å²) in [5.41, 5.74) is -0.510. The molecule has 2 fully saturated rings. The van der Waals surface area contributed by atoms with E-state index in [1.165, 1.54) is 7.11 Å². The van der Waals surface area contributed by atoms with E-state index >= 15 is 0 Å². The van der Waals surface area contributed by atoms with E-state index in [9.17, 15) is 9.59 Å². The molecule has 0 N–H and O–H groups in total. The fraction of sp³-hybridized carbons (Fsp3) is 0.833. The Morgan fingerprint density at radius 2 is 1.94 bits per heavy atom. The number of carbonyl (C=O) groups is 2. The van der Waals surface area contributed by atoms with Crippen molar-refractivity contribution in [3.8, 4) is 0 Å². The Bertz CT molecular complexity index is 376. The molecule has 4 heteroatoms. The number of alkyl halides is 1. The van der Waals surface area contributed by atoms with E-state index in [0.29, 0.717) is 0 Å². The Hall–Kier alpha value is -0.130.